The molecule has 0 spiro atoms. The Morgan fingerprint density at radius 3 is 2.32 bits per heavy atom. The number of nitrogens with zero attached hydrogens (tertiary/aromatic N) is 2. The van der Waals surface area contributed by atoms with Gasteiger partial charge in [-0.05, 0) is 47.9 Å². The van der Waals surface area contributed by atoms with Gasteiger partial charge in [-0.15, -0.1) is 0 Å². The molecular formula is C22H20N2O3S. The highest BCUT2D eigenvalue weighted by atomic mass is 32.2. The molecule has 3 aromatic rings. The number of aromatic nitrogens is 1. The first-order chi connectivity index (χ1) is 13.5. The van der Waals surface area contributed by atoms with Crippen molar-refractivity contribution in [2.75, 3.05) is 0 Å². The van der Waals surface area contributed by atoms with Gasteiger partial charge in [0.05, 0.1) is 22.0 Å². The second-order valence-electron chi connectivity index (χ2n) is 6.82. The van der Waals surface area contributed by atoms with E-state index in [0.29, 0.717) is 25.9 Å². The smallest absolute Gasteiger partial charge is 0.223 e. The van der Waals surface area contributed by atoms with E-state index in [9.17, 15) is 13.2 Å². The van der Waals surface area contributed by atoms with Gasteiger partial charge in [-0.25, -0.2) is 8.42 Å². The van der Waals surface area contributed by atoms with Crippen LogP contribution in [0.1, 0.15) is 23.2 Å². The molecule has 2 aromatic carbocycles. The van der Waals surface area contributed by atoms with Crippen LogP contribution in [0, 0.1) is 0 Å². The lowest BCUT2D eigenvalue weighted by Crippen LogP contribution is -2.25. The molecule has 5 nitrogen and oxygen atoms in total. The topological polar surface area (TPSA) is 67.3 Å². The number of carbonyl (C=O) groups excluding carboxylic acids is 1. The lowest BCUT2D eigenvalue weighted by Gasteiger charge is -2.15. The molecule has 4 rings (SSSR count). The Morgan fingerprint density at radius 2 is 1.61 bits per heavy atom. The number of hydrogen-bond donors (Lipinski definition) is 0. The highest BCUT2D eigenvalue weighted by Crippen LogP contribution is 2.23. The highest BCUT2D eigenvalue weighted by Gasteiger charge is 2.23. The van der Waals surface area contributed by atoms with Crippen molar-refractivity contribution >= 4 is 15.7 Å². The molecule has 0 aliphatic carbocycles. The SMILES string of the molecule is O=C(CCc1ccc(S(=O)(=O)c2ccccc2)cc1)N1Cc2cccnc2C1. The van der Waals surface area contributed by atoms with Gasteiger partial charge in [0.15, 0.2) is 0 Å². The first kappa shape index (κ1) is 18.4. The van der Waals surface area contributed by atoms with Gasteiger partial charge < -0.3 is 4.90 Å². The molecule has 0 saturated carbocycles. The minimum absolute atomic E-state index is 0.0824. The molecular weight excluding hydrogens is 372 g/mol. The molecule has 2 heterocycles. The number of fused-ring (bicyclic) bond motifs is 1. The summed E-state index contributed by atoms with van der Waals surface area (Å²) in [6.07, 6.45) is 2.71. The third-order valence-electron chi connectivity index (χ3n) is 4.95. The van der Waals surface area contributed by atoms with Crippen LogP contribution in [-0.2, 0) is 34.1 Å². The lowest BCUT2D eigenvalue weighted by atomic mass is 10.1. The largest absolute Gasteiger partial charge is 0.332 e. The first-order valence-corrected chi connectivity index (χ1v) is 10.6. The molecule has 0 saturated heterocycles. The Kier molecular flexibility index (Phi) is 4.96. The summed E-state index contributed by atoms with van der Waals surface area (Å²) in [6, 6.07) is 19.0. The van der Waals surface area contributed by atoms with Crippen molar-refractivity contribution in [2.45, 2.75) is 35.7 Å². The fourth-order valence-electron chi connectivity index (χ4n) is 3.36. The summed E-state index contributed by atoms with van der Waals surface area (Å²) in [5.41, 5.74) is 3.01. The number of pyridine rings is 1. The molecule has 0 atom stereocenters. The number of hydrogen-bond acceptors (Lipinski definition) is 4. The number of benzene rings is 2. The zero-order valence-electron chi connectivity index (χ0n) is 15.3. The van der Waals surface area contributed by atoms with Crippen LogP contribution in [0.3, 0.4) is 0 Å². The average Bonchev–Trinajstić information content (AvgIpc) is 3.17. The molecule has 0 fully saturated rings. The zero-order valence-corrected chi connectivity index (χ0v) is 16.1. The Hall–Kier alpha value is -2.99. The van der Waals surface area contributed by atoms with Crippen molar-refractivity contribution in [3.8, 4) is 0 Å². The number of amides is 1. The maximum Gasteiger partial charge on any atom is 0.223 e. The van der Waals surface area contributed by atoms with Gasteiger partial charge in [0.1, 0.15) is 0 Å². The van der Waals surface area contributed by atoms with Crippen LogP contribution in [-0.4, -0.2) is 24.2 Å². The second-order valence-corrected chi connectivity index (χ2v) is 8.77. The van der Waals surface area contributed by atoms with E-state index in [1.807, 2.05) is 17.0 Å². The molecule has 142 valence electrons. The van der Waals surface area contributed by atoms with Crippen LogP contribution in [0.5, 0.6) is 0 Å². The number of rotatable bonds is 5. The van der Waals surface area contributed by atoms with Crippen LogP contribution < -0.4 is 0 Å². The maximum atomic E-state index is 12.6. The summed E-state index contributed by atoms with van der Waals surface area (Å²) in [7, 11) is -3.51. The summed E-state index contributed by atoms with van der Waals surface area (Å²) >= 11 is 0. The predicted molar refractivity (Wildman–Crippen MR) is 105 cm³/mol. The number of aryl methyl sites for hydroxylation is 1. The molecule has 1 aliphatic rings. The van der Waals surface area contributed by atoms with E-state index in [1.54, 1.807) is 60.8 Å². The van der Waals surface area contributed by atoms with E-state index in [2.05, 4.69) is 4.98 Å². The van der Waals surface area contributed by atoms with Crippen molar-refractivity contribution in [3.05, 3.63) is 89.7 Å². The first-order valence-electron chi connectivity index (χ1n) is 9.14. The third kappa shape index (κ3) is 3.68. The van der Waals surface area contributed by atoms with E-state index in [0.717, 1.165) is 16.8 Å². The fourth-order valence-corrected chi connectivity index (χ4v) is 4.64. The summed E-state index contributed by atoms with van der Waals surface area (Å²) in [6.45, 7) is 1.17. The summed E-state index contributed by atoms with van der Waals surface area (Å²) in [5.74, 6) is 0.0824. The molecule has 1 aliphatic heterocycles. The standard InChI is InChI=1S/C22H20N2O3S/c25-22(24-15-18-5-4-14-23-21(18)16-24)13-10-17-8-11-20(12-9-17)28(26,27)19-6-2-1-3-7-19/h1-9,11-12,14H,10,13,15-16H2. The molecule has 0 N–H and O–H groups in total. The van der Waals surface area contributed by atoms with Crippen LogP contribution in [0.15, 0.2) is 82.7 Å². The van der Waals surface area contributed by atoms with Crippen LogP contribution in [0.4, 0.5) is 0 Å². The van der Waals surface area contributed by atoms with Crippen molar-refractivity contribution < 1.29 is 13.2 Å². The predicted octanol–water partition coefficient (Wildman–Crippen LogP) is 3.39. The van der Waals surface area contributed by atoms with Crippen molar-refractivity contribution in [3.63, 3.8) is 0 Å². The van der Waals surface area contributed by atoms with Gasteiger partial charge in [-0.3, -0.25) is 9.78 Å². The lowest BCUT2D eigenvalue weighted by molar-refractivity contribution is -0.131. The molecule has 6 heteroatoms. The average molecular weight is 392 g/mol. The Balaban J connectivity index is 1.38. The van der Waals surface area contributed by atoms with E-state index < -0.39 is 9.84 Å². The minimum atomic E-state index is -3.51. The Labute approximate surface area is 164 Å². The van der Waals surface area contributed by atoms with Crippen molar-refractivity contribution in [1.82, 2.24) is 9.88 Å². The third-order valence-corrected chi connectivity index (χ3v) is 6.74. The van der Waals surface area contributed by atoms with Gasteiger partial charge in [0, 0.05) is 19.2 Å². The number of sulfone groups is 1. The Bertz CT molecular complexity index is 1070. The van der Waals surface area contributed by atoms with E-state index in [1.165, 1.54) is 0 Å². The normalized spacial score (nSPS) is 13.4. The van der Waals surface area contributed by atoms with Gasteiger partial charge >= 0.3 is 0 Å². The monoisotopic (exact) mass is 392 g/mol. The molecule has 0 bridgehead atoms. The summed E-state index contributed by atoms with van der Waals surface area (Å²) < 4.78 is 25.3. The summed E-state index contributed by atoms with van der Waals surface area (Å²) in [5, 5.41) is 0. The van der Waals surface area contributed by atoms with Gasteiger partial charge in [-0.1, -0.05) is 36.4 Å². The van der Waals surface area contributed by atoms with E-state index in [-0.39, 0.29) is 15.7 Å². The summed E-state index contributed by atoms with van der Waals surface area (Å²) in [4.78, 5) is 19.2. The van der Waals surface area contributed by atoms with Crippen LogP contribution in [0.25, 0.3) is 0 Å². The van der Waals surface area contributed by atoms with Crippen LogP contribution in [0.2, 0.25) is 0 Å². The van der Waals surface area contributed by atoms with Crippen molar-refractivity contribution in [2.24, 2.45) is 0 Å². The number of carbonyl (C=O) groups is 1. The molecule has 0 radical (unpaired) electrons. The Morgan fingerprint density at radius 1 is 0.893 bits per heavy atom. The molecule has 1 aromatic heterocycles. The van der Waals surface area contributed by atoms with E-state index in [4.69, 9.17) is 0 Å². The van der Waals surface area contributed by atoms with Gasteiger partial charge in [0.2, 0.25) is 15.7 Å². The second kappa shape index (κ2) is 7.56. The van der Waals surface area contributed by atoms with Gasteiger partial charge in [-0.2, -0.15) is 0 Å². The molecule has 1 amide bonds. The van der Waals surface area contributed by atoms with E-state index >= 15 is 0 Å². The molecule has 28 heavy (non-hydrogen) atoms. The minimum Gasteiger partial charge on any atom is -0.332 e. The highest BCUT2D eigenvalue weighted by molar-refractivity contribution is 7.91. The zero-order chi connectivity index (χ0) is 19.6. The van der Waals surface area contributed by atoms with Gasteiger partial charge in [0.25, 0.3) is 0 Å². The quantitative estimate of drug-likeness (QED) is 0.668. The fraction of sp³-hybridized carbons (Fsp3) is 0.182. The van der Waals surface area contributed by atoms with Crippen molar-refractivity contribution in [1.29, 1.82) is 0 Å². The maximum absolute atomic E-state index is 12.6. The van der Waals surface area contributed by atoms with Crippen LogP contribution >= 0.6 is 0 Å². The molecule has 0 unspecified atom stereocenters.